The molecule has 0 aliphatic carbocycles. The van der Waals surface area contributed by atoms with E-state index in [1.807, 2.05) is 6.07 Å². The summed E-state index contributed by atoms with van der Waals surface area (Å²) in [5.41, 5.74) is -1.54. The molecule has 0 saturated carbocycles. The topological polar surface area (TPSA) is 140 Å². The van der Waals surface area contributed by atoms with Crippen LogP contribution < -0.4 is 5.32 Å². The summed E-state index contributed by atoms with van der Waals surface area (Å²) in [5, 5.41) is 23.7. The second-order valence-corrected chi connectivity index (χ2v) is 7.02. The molecule has 11 nitrogen and oxygen atoms in total. The van der Waals surface area contributed by atoms with E-state index in [1.165, 1.54) is 55.4 Å². The van der Waals surface area contributed by atoms with E-state index in [0.29, 0.717) is 15.6 Å². The predicted molar refractivity (Wildman–Crippen MR) is 113 cm³/mol. The maximum absolute atomic E-state index is 14.1. The number of hydrogen-bond acceptors (Lipinski definition) is 8. The third-order valence-electron chi connectivity index (χ3n) is 4.89. The summed E-state index contributed by atoms with van der Waals surface area (Å²) in [6.45, 7) is 0. The van der Waals surface area contributed by atoms with Gasteiger partial charge in [0.2, 0.25) is 0 Å². The minimum atomic E-state index is -4.92. The Morgan fingerprint density at radius 3 is 2.54 bits per heavy atom. The monoisotopic (exact) mass is 476 g/mol. The molecule has 0 aromatic carbocycles. The van der Waals surface area contributed by atoms with Crippen LogP contribution in [-0.2, 0) is 6.18 Å². The number of halogens is 3. The van der Waals surface area contributed by atoms with Gasteiger partial charge in [-0.25, -0.2) is 9.67 Å². The number of carbonyl (C=O) groups excluding carboxylic acids is 1. The molecule has 0 aliphatic rings. The summed E-state index contributed by atoms with van der Waals surface area (Å²) < 4.78 is 43.0. The first-order chi connectivity index (χ1) is 16.9. The van der Waals surface area contributed by atoms with Crippen molar-refractivity contribution in [2.75, 3.05) is 5.32 Å². The molecule has 0 radical (unpaired) electrons. The van der Waals surface area contributed by atoms with Crippen molar-refractivity contribution in [1.29, 1.82) is 5.26 Å². The van der Waals surface area contributed by atoms with E-state index in [4.69, 9.17) is 0 Å². The van der Waals surface area contributed by atoms with Gasteiger partial charge in [-0.05, 0) is 18.2 Å². The standard InChI is InChI=1S/C21H11F3N10O/c22-21(23,24)18-15(10-31-33(18)17-2-4-27-16-11-26-3-1-14(16)17)20(35)32-13-7-12(8-25)19(28-9-13)34-29-5-6-30-34/h1-7,9-11H,(H,32,35). The molecule has 0 unspecified atom stereocenters. The van der Waals surface area contributed by atoms with E-state index in [9.17, 15) is 23.2 Å². The number of nitriles is 1. The molecule has 14 heteroatoms. The molecule has 5 rings (SSSR count). The summed E-state index contributed by atoms with van der Waals surface area (Å²) in [4.78, 5) is 26.0. The van der Waals surface area contributed by atoms with E-state index in [0.717, 1.165) is 11.0 Å². The maximum Gasteiger partial charge on any atom is 0.434 e. The number of alkyl halides is 3. The van der Waals surface area contributed by atoms with Crippen LogP contribution in [0.4, 0.5) is 18.9 Å². The average molecular weight is 476 g/mol. The Balaban J connectivity index is 1.54. The first-order valence-corrected chi connectivity index (χ1v) is 9.79. The Morgan fingerprint density at radius 1 is 1.00 bits per heavy atom. The molecule has 0 spiro atoms. The van der Waals surface area contributed by atoms with Crippen LogP contribution >= 0.6 is 0 Å². The molecule has 5 aromatic heterocycles. The molecule has 1 amide bonds. The Kier molecular flexibility index (Phi) is 5.13. The van der Waals surface area contributed by atoms with Crippen molar-refractivity contribution in [3.05, 3.63) is 78.4 Å². The molecule has 0 aliphatic heterocycles. The van der Waals surface area contributed by atoms with Crippen molar-refractivity contribution >= 4 is 22.5 Å². The van der Waals surface area contributed by atoms with Gasteiger partial charge in [-0.2, -0.15) is 33.7 Å². The number of nitrogens with zero attached hydrogens (tertiary/aromatic N) is 9. The Bertz CT molecular complexity index is 1600. The summed E-state index contributed by atoms with van der Waals surface area (Å²) in [5.74, 6) is -0.988. The van der Waals surface area contributed by atoms with Gasteiger partial charge in [0.1, 0.15) is 11.6 Å². The number of nitrogens with one attached hydrogen (secondary N) is 1. The molecule has 5 heterocycles. The fourth-order valence-corrected chi connectivity index (χ4v) is 3.43. The van der Waals surface area contributed by atoms with Crippen molar-refractivity contribution < 1.29 is 18.0 Å². The SMILES string of the molecule is N#Cc1cc(NC(=O)c2cnn(-c3ccnc4cnccc34)c2C(F)(F)F)cnc1-n1nccn1. The predicted octanol–water partition coefficient (Wildman–Crippen LogP) is 2.93. The van der Waals surface area contributed by atoms with Gasteiger partial charge in [0.05, 0.1) is 53.4 Å². The molecule has 35 heavy (non-hydrogen) atoms. The molecule has 0 atom stereocenters. The second-order valence-electron chi connectivity index (χ2n) is 7.02. The number of hydrogen-bond donors (Lipinski definition) is 1. The molecule has 0 bridgehead atoms. The minimum Gasteiger partial charge on any atom is -0.320 e. The number of pyridine rings is 3. The van der Waals surface area contributed by atoms with Crippen LogP contribution in [0.15, 0.2) is 61.6 Å². The normalized spacial score (nSPS) is 11.4. The summed E-state index contributed by atoms with van der Waals surface area (Å²) >= 11 is 0. The molecular formula is C21H11F3N10O. The summed E-state index contributed by atoms with van der Waals surface area (Å²) in [7, 11) is 0. The number of fused-ring (bicyclic) bond motifs is 1. The highest BCUT2D eigenvalue weighted by molar-refractivity contribution is 6.05. The number of anilines is 1. The molecule has 5 aromatic rings. The smallest absolute Gasteiger partial charge is 0.320 e. The Labute approximate surface area is 193 Å². The van der Waals surface area contributed by atoms with Gasteiger partial charge in [0.25, 0.3) is 5.91 Å². The van der Waals surface area contributed by atoms with E-state index >= 15 is 0 Å². The average Bonchev–Trinajstić information content (AvgIpc) is 3.54. The van der Waals surface area contributed by atoms with Crippen molar-refractivity contribution in [1.82, 2.24) is 39.7 Å². The lowest BCUT2D eigenvalue weighted by molar-refractivity contribution is -0.143. The van der Waals surface area contributed by atoms with Crippen molar-refractivity contribution in [3.8, 4) is 17.6 Å². The molecule has 172 valence electrons. The highest BCUT2D eigenvalue weighted by Crippen LogP contribution is 2.35. The largest absolute Gasteiger partial charge is 0.434 e. The van der Waals surface area contributed by atoms with E-state index in [-0.39, 0.29) is 22.8 Å². The number of aromatic nitrogens is 8. The van der Waals surface area contributed by atoms with Crippen LogP contribution in [-0.4, -0.2) is 45.6 Å². The highest BCUT2D eigenvalue weighted by atomic mass is 19.4. The van der Waals surface area contributed by atoms with Gasteiger partial charge in [-0.3, -0.25) is 14.8 Å². The molecule has 0 saturated heterocycles. The van der Waals surface area contributed by atoms with Crippen LogP contribution in [0.1, 0.15) is 21.6 Å². The Morgan fingerprint density at radius 2 is 1.80 bits per heavy atom. The first-order valence-electron chi connectivity index (χ1n) is 9.79. The number of rotatable bonds is 4. The fraction of sp³-hybridized carbons (Fsp3) is 0.0476. The van der Waals surface area contributed by atoms with Gasteiger partial charge in [0, 0.05) is 17.8 Å². The van der Waals surface area contributed by atoms with E-state index in [1.54, 1.807) is 0 Å². The lowest BCUT2D eigenvalue weighted by Gasteiger charge is -2.14. The molecular weight excluding hydrogens is 465 g/mol. The van der Waals surface area contributed by atoms with Crippen molar-refractivity contribution in [2.24, 2.45) is 0 Å². The summed E-state index contributed by atoms with van der Waals surface area (Å²) in [6.07, 6.45) is 4.01. The number of carbonyl (C=O) groups is 1. The van der Waals surface area contributed by atoms with Crippen LogP contribution in [0.3, 0.4) is 0 Å². The summed E-state index contributed by atoms with van der Waals surface area (Å²) in [6, 6.07) is 6.01. The maximum atomic E-state index is 14.1. The quantitative estimate of drug-likeness (QED) is 0.418. The van der Waals surface area contributed by atoms with Crippen LogP contribution in [0.25, 0.3) is 22.4 Å². The first kappa shape index (κ1) is 21.6. The lowest BCUT2D eigenvalue weighted by atomic mass is 10.2. The zero-order valence-electron chi connectivity index (χ0n) is 17.3. The van der Waals surface area contributed by atoms with E-state index < -0.39 is 23.3 Å². The third kappa shape index (κ3) is 3.91. The van der Waals surface area contributed by atoms with E-state index in [2.05, 4.69) is 35.6 Å². The minimum absolute atomic E-state index is 0.00241. The third-order valence-corrected chi connectivity index (χ3v) is 4.89. The Hall–Kier alpha value is -5.19. The van der Waals surface area contributed by atoms with Gasteiger partial charge < -0.3 is 5.32 Å². The molecule has 0 fully saturated rings. The number of amides is 1. The zero-order chi connectivity index (χ0) is 24.6. The van der Waals surface area contributed by atoms with Crippen molar-refractivity contribution in [2.45, 2.75) is 6.18 Å². The lowest BCUT2D eigenvalue weighted by Crippen LogP contribution is -2.21. The van der Waals surface area contributed by atoms with Crippen LogP contribution in [0.2, 0.25) is 0 Å². The molecule has 1 N–H and O–H groups in total. The van der Waals surface area contributed by atoms with Crippen LogP contribution in [0.5, 0.6) is 0 Å². The van der Waals surface area contributed by atoms with Gasteiger partial charge in [0.15, 0.2) is 11.5 Å². The van der Waals surface area contributed by atoms with Gasteiger partial charge >= 0.3 is 6.18 Å². The van der Waals surface area contributed by atoms with Crippen molar-refractivity contribution in [3.63, 3.8) is 0 Å². The van der Waals surface area contributed by atoms with Gasteiger partial charge in [-0.1, -0.05) is 0 Å². The van der Waals surface area contributed by atoms with Gasteiger partial charge in [-0.15, -0.1) is 4.80 Å². The highest BCUT2D eigenvalue weighted by Gasteiger charge is 2.41. The second kappa shape index (κ2) is 8.30. The zero-order valence-corrected chi connectivity index (χ0v) is 17.3. The fourth-order valence-electron chi connectivity index (χ4n) is 3.43. The van der Waals surface area contributed by atoms with Crippen LogP contribution in [0, 0.1) is 11.3 Å².